The summed E-state index contributed by atoms with van der Waals surface area (Å²) in [6.07, 6.45) is 17.1. The lowest BCUT2D eigenvalue weighted by molar-refractivity contribution is -0.133. The molecule has 1 unspecified atom stereocenters. The second kappa shape index (κ2) is 14.2. The molecule has 0 amide bonds. The Labute approximate surface area is 132 Å². The minimum absolute atomic E-state index is 0.116. The van der Waals surface area contributed by atoms with Crippen molar-refractivity contribution >= 4 is 5.97 Å². The molecule has 0 saturated carbocycles. The lowest BCUT2D eigenvalue weighted by atomic mass is 9.95. The molecule has 1 N–H and O–H groups in total. The number of rotatable bonds is 15. The van der Waals surface area contributed by atoms with Gasteiger partial charge in [0.1, 0.15) is 0 Å². The second-order valence-corrected chi connectivity index (χ2v) is 6.41. The molecule has 1 atom stereocenters. The monoisotopic (exact) mass is 296 g/mol. The first-order chi connectivity index (χ1) is 10.1. The van der Waals surface area contributed by atoms with Crippen LogP contribution in [-0.2, 0) is 4.79 Å². The van der Waals surface area contributed by atoms with Crippen LogP contribution < -0.4 is 0 Å². The van der Waals surface area contributed by atoms with Crippen molar-refractivity contribution in [1.82, 2.24) is 0 Å². The van der Waals surface area contributed by atoms with E-state index in [1.165, 1.54) is 70.6 Å². The van der Waals surface area contributed by atoms with Crippen molar-refractivity contribution in [2.24, 2.45) is 5.92 Å². The van der Waals surface area contributed by atoms with Gasteiger partial charge in [0.2, 0.25) is 0 Å². The van der Waals surface area contributed by atoms with Crippen LogP contribution in [0, 0.1) is 5.92 Å². The Hall–Kier alpha value is -0.790. The molecule has 0 fully saturated rings. The molecule has 0 rings (SSSR count). The van der Waals surface area contributed by atoms with Gasteiger partial charge in [0.15, 0.2) is 0 Å². The highest BCUT2D eigenvalue weighted by Crippen LogP contribution is 2.18. The molecular formula is C19H36O2. The van der Waals surface area contributed by atoms with Crippen molar-refractivity contribution in [3.63, 3.8) is 0 Å². The van der Waals surface area contributed by atoms with Gasteiger partial charge in [-0.1, -0.05) is 97.5 Å². The molecule has 0 aromatic carbocycles. The highest BCUT2D eigenvalue weighted by Gasteiger charge is 2.12. The number of unbranched alkanes of at least 4 members (excludes halogenated alkanes) is 11. The fourth-order valence-electron chi connectivity index (χ4n) is 2.68. The molecule has 2 nitrogen and oxygen atoms in total. The summed E-state index contributed by atoms with van der Waals surface area (Å²) < 4.78 is 0. The molecule has 0 saturated heterocycles. The van der Waals surface area contributed by atoms with Crippen LogP contribution in [-0.4, -0.2) is 11.1 Å². The largest absolute Gasteiger partial charge is 0.478 e. The van der Waals surface area contributed by atoms with E-state index in [-0.39, 0.29) is 5.92 Å². The molecule has 0 spiro atoms. The van der Waals surface area contributed by atoms with Gasteiger partial charge in [-0.05, 0) is 12.3 Å². The molecule has 21 heavy (non-hydrogen) atoms. The van der Waals surface area contributed by atoms with Gasteiger partial charge in [0, 0.05) is 5.57 Å². The molecule has 0 aromatic heterocycles. The highest BCUT2D eigenvalue weighted by atomic mass is 16.4. The van der Waals surface area contributed by atoms with Crippen LogP contribution >= 0.6 is 0 Å². The maximum absolute atomic E-state index is 10.8. The van der Waals surface area contributed by atoms with Crippen molar-refractivity contribution in [2.75, 3.05) is 0 Å². The van der Waals surface area contributed by atoms with E-state index < -0.39 is 5.97 Å². The van der Waals surface area contributed by atoms with Crippen LogP contribution in [0.2, 0.25) is 0 Å². The summed E-state index contributed by atoms with van der Waals surface area (Å²) in [4.78, 5) is 10.8. The van der Waals surface area contributed by atoms with Crippen LogP contribution in [0.25, 0.3) is 0 Å². The van der Waals surface area contributed by atoms with Crippen molar-refractivity contribution in [3.05, 3.63) is 12.2 Å². The van der Waals surface area contributed by atoms with E-state index in [1.807, 2.05) is 6.92 Å². The Balaban J connectivity index is 3.22. The van der Waals surface area contributed by atoms with E-state index in [0.29, 0.717) is 5.57 Å². The minimum Gasteiger partial charge on any atom is -0.478 e. The van der Waals surface area contributed by atoms with Crippen molar-refractivity contribution < 1.29 is 9.90 Å². The lowest BCUT2D eigenvalue weighted by Gasteiger charge is -2.10. The Morgan fingerprint density at radius 1 is 0.857 bits per heavy atom. The Bertz CT molecular complexity index is 271. The third-order valence-electron chi connectivity index (χ3n) is 4.36. The Morgan fingerprint density at radius 2 is 1.24 bits per heavy atom. The zero-order chi connectivity index (χ0) is 15.9. The fourth-order valence-corrected chi connectivity index (χ4v) is 2.68. The van der Waals surface area contributed by atoms with Gasteiger partial charge < -0.3 is 5.11 Å². The maximum atomic E-state index is 10.8. The van der Waals surface area contributed by atoms with E-state index in [9.17, 15) is 4.79 Å². The first-order valence-corrected chi connectivity index (χ1v) is 9.01. The molecule has 2 heteroatoms. The topological polar surface area (TPSA) is 37.3 Å². The Morgan fingerprint density at radius 3 is 1.62 bits per heavy atom. The molecule has 0 heterocycles. The predicted octanol–water partition coefficient (Wildman–Crippen LogP) is 6.35. The smallest absolute Gasteiger partial charge is 0.331 e. The predicted molar refractivity (Wildman–Crippen MR) is 91.6 cm³/mol. The molecule has 0 radical (unpaired) electrons. The van der Waals surface area contributed by atoms with E-state index in [2.05, 4.69) is 13.5 Å². The van der Waals surface area contributed by atoms with Crippen molar-refractivity contribution in [3.8, 4) is 0 Å². The van der Waals surface area contributed by atoms with Gasteiger partial charge in [0.25, 0.3) is 0 Å². The quantitative estimate of drug-likeness (QED) is 0.282. The summed E-state index contributed by atoms with van der Waals surface area (Å²) >= 11 is 0. The first-order valence-electron chi connectivity index (χ1n) is 9.01. The zero-order valence-corrected chi connectivity index (χ0v) is 14.3. The van der Waals surface area contributed by atoms with Crippen molar-refractivity contribution in [2.45, 2.75) is 97.3 Å². The van der Waals surface area contributed by atoms with Crippen LogP contribution in [0.1, 0.15) is 97.3 Å². The van der Waals surface area contributed by atoms with Crippen LogP contribution in [0.15, 0.2) is 12.2 Å². The van der Waals surface area contributed by atoms with Crippen molar-refractivity contribution in [1.29, 1.82) is 0 Å². The third kappa shape index (κ3) is 12.6. The number of hydrogen-bond donors (Lipinski definition) is 1. The fraction of sp³-hybridized carbons (Fsp3) is 0.842. The summed E-state index contributed by atoms with van der Waals surface area (Å²) in [6.45, 7) is 7.86. The number of hydrogen-bond acceptors (Lipinski definition) is 1. The zero-order valence-electron chi connectivity index (χ0n) is 14.3. The minimum atomic E-state index is -0.846. The number of carboxylic acids is 1. The summed E-state index contributed by atoms with van der Waals surface area (Å²) in [7, 11) is 0. The summed E-state index contributed by atoms with van der Waals surface area (Å²) in [5.41, 5.74) is 0.359. The van der Waals surface area contributed by atoms with Gasteiger partial charge in [-0.15, -0.1) is 0 Å². The normalized spacial score (nSPS) is 12.3. The molecule has 124 valence electrons. The summed E-state index contributed by atoms with van der Waals surface area (Å²) in [5, 5.41) is 8.84. The van der Waals surface area contributed by atoms with Gasteiger partial charge >= 0.3 is 5.97 Å². The van der Waals surface area contributed by atoms with Gasteiger partial charge in [-0.25, -0.2) is 4.79 Å². The Kier molecular flexibility index (Phi) is 13.6. The molecular weight excluding hydrogens is 260 g/mol. The van der Waals surface area contributed by atoms with Gasteiger partial charge in [0.05, 0.1) is 0 Å². The van der Waals surface area contributed by atoms with Gasteiger partial charge in [-0.3, -0.25) is 0 Å². The molecule has 0 bridgehead atoms. The van der Waals surface area contributed by atoms with E-state index in [1.54, 1.807) is 0 Å². The van der Waals surface area contributed by atoms with E-state index in [0.717, 1.165) is 12.8 Å². The summed E-state index contributed by atoms with van der Waals surface area (Å²) in [6, 6.07) is 0. The highest BCUT2D eigenvalue weighted by molar-refractivity contribution is 5.86. The van der Waals surface area contributed by atoms with Crippen LogP contribution in [0.5, 0.6) is 0 Å². The third-order valence-corrected chi connectivity index (χ3v) is 4.36. The average molecular weight is 296 g/mol. The maximum Gasteiger partial charge on any atom is 0.331 e. The molecule has 0 aliphatic rings. The number of aliphatic carboxylic acids is 1. The average Bonchev–Trinajstić information content (AvgIpc) is 2.47. The number of carbonyl (C=O) groups is 1. The van der Waals surface area contributed by atoms with E-state index in [4.69, 9.17) is 5.11 Å². The molecule has 0 aliphatic carbocycles. The standard InChI is InChI=1S/C19H36O2/c1-4-5-6-7-8-9-10-11-12-13-14-15-16-17(2)18(3)19(20)21/h17H,3-16H2,1-2H3,(H,20,21). The molecule has 0 aromatic rings. The van der Waals surface area contributed by atoms with Gasteiger partial charge in [-0.2, -0.15) is 0 Å². The molecule has 0 aliphatic heterocycles. The van der Waals surface area contributed by atoms with Crippen LogP contribution in [0.3, 0.4) is 0 Å². The number of carboxylic acid groups (broad SMARTS) is 1. The first kappa shape index (κ1) is 20.2. The summed E-state index contributed by atoms with van der Waals surface area (Å²) in [5.74, 6) is -0.730. The van der Waals surface area contributed by atoms with E-state index >= 15 is 0 Å². The van der Waals surface area contributed by atoms with Crippen LogP contribution in [0.4, 0.5) is 0 Å². The second-order valence-electron chi connectivity index (χ2n) is 6.41. The lowest BCUT2D eigenvalue weighted by Crippen LogP contribution is -2.08. The SMILES string of the molecule is C=C(C(=O)O)C(C)CCCCCCCCCCCCCC.